The van der Waals surface area contributed by atoms with Crippen molar-refractivity contribution in [2.75, 3.05) is 5.32 Å². The predicted molar refractivity (Wildman–Crippen MR) is 80.5 cm³/mol. The zero-order valence-electron chi connectivity index (χ0n) is 9.06. The highest BCUT2D eigenvalue weighted by atomic mass is 79.9. The molecule has 0 aliphatic heterocycles. The molecule has 1 nitrogen and oxygen atoms in total. The topological polar surface area (TPSA) is 12.0 Å². The highest BCUT2D eigenvalue weighted by molar-refractivity contribution is 9.10. The van der Waals surface area contributed by atoms with Crippen molar-refractivity contribution in [1.82, 2.24) is 0 Å². The average molecular weight is 351 g/mol. The second kappa shape index (κ2) is 5.61. The molecule has 1 aromatic heterocycles. The molecular weight excluding hydrogens is 341 g/mol. The summed E-state index contributed by atoms with van der Waals surface area (Å²) in [5, 5.41) is 4.13. The summed E-state index contributed by atoms with van der Waals surface area (Å²) in [6.45, 7) is 2.80. The van der Waals surface area contributed by atoms with E-state index < -0.39 is 0 Å². The van der Waals surface area contributed by atoms with Crippen molar-refractivity contribution in [3.63, 3.8) is 0 Å². The summed E-state index contributed by atoms with van der Waals surface area (Å²) in [4.78, 5) is 1.19. The minimum absolute atomic E-state index is 0.759. The van der Waals surface area contributed by atoms with Crippen LogP contribution in [0.5, 0.6) is 0 Å². The molecule has 5 heteroatoms. The van der Waals surface area contributed by atoms with E-state index in [1.165, 1.54) is 4.88 Å². The molecule has 1 heterocycles. The Hall–Kier alpha value is -0.220. The van der Waals surface area contributed by atoms with Crippen LogP contribution in [-0.4, -0.2) is 0 Å². The van der Waals surface area contributed by atoms with Gasteiger partial charge in [0.2, 0.25) is 0 Å². The number of halogens is 3. The van der Waals surface area contributed by atoms with Gasteiger partial charge in [-0.1, -0.05) is 23.2 Å². The van der Waals surface area contributed by atoms with Crippen LogP contribution in [0.3, 0.4) is 0 Å². The first-order valence-electron chi connectivity index (χ1n) is 5.00. The minimum Gasteiger partial charge on any atom is -0.380 e. The van der Waals surface area contributed by atoms with Gasteiger partial charge in [0.15, 0.2) is 0 Å². The molecule has 90 valence electrons. The van der Waals surface area contributed by atoms with Gasteiger partial charge in [0.25, 0.3) is 0 Å². The third-order valence-electron chi connectivity index (χ3n) is 2.34. The fraction of sp³-hybridized carbons (Fsp3) is 0.167. The number of benzene rings is 1. The Balaban J connectivity index is 2.07. The van der Waals surface area contributed by atoms with Crippen LogP contribution in [0.1, 0.15) is 10.4 Å². The van der Waals surface area contributed by atoms with Gasteiger partial charge in [-0.25, -0.2) is 0 Å². The highest BCUT2D eigenvalue weighted by Gasteiger charge is 2.05. The smallest absolute Gasteiger partial charge is 0.107 e. The van der Waals surface area contributed by atoms with Crippen LogP contribution in [0.4, 0.5) is 5.69 Å². The number of anilines is 1. The molecule has 0 aliphatic rings. The second-order valence-electron chi connectivity index (χ2n) is 3.65. The Bertz CT molecular complexity index is 520. The van der Waals surface area contributed by atoms with E-state index >= 15 is 0 Å². The van der Waals surface area contributed by atoms with Crippen LogP contribution >= 0.6 is 50.5 Å². The predicted octanol–water partition coefficient (Wildman–Crippen LogP) is 5.74. The summed E-state index contributed by atoms with van der Waals surface area (Å²) in [6.07, 6.45) is 0. The van der Waals surface area contributed by atoms with E-state index in [4.69, 9.17) is 23.2 Å². The lowest BCUT2D eigenvalue weighted by atomic mass is 10.2. The van der Waals surface area contributed by atoms with Crippen LogP contribution in [0.15, 0.2) is 28.7 Å². The van der Waals surface area contributed by atoms with Gasteiger partial charge in [-0.05, 0) is 52.7 Å². The molecule has 0 unspecified atom stereocenters. The highest BCUT2D eigenvalue weighted by Crippen LogP contribution is 2.32. The molecule has 0 spiro atoms. The molecule has 0 amide bonds. The van der Waals surface area contributed by atoms with Gasteiger partial charge < -0.3 is 5.32 Å². The first-order valence-corrected chi connectivity index (χ1v) is 7.36. The zero-order chi connectivity index (χ0) is 12.4. The summed E-state index contributed by atoms with van der Waals surface area (Å²) >= 11 is 16.9. The standard InChI is InChI=1S/C12H10BrCl2NS/c1-7-4-8(14)2-3-11(7)16-6-9-5-10(13)12(15)17-9/h2-5,16H,6H2,1H3. The van der Waals surface area contributed by atoms with Gasteiger partial charge in [0.05, 0.1) is 0 Å². The maximum atomic E-state index is 5.99. The largest absolute Gasteiger partial charge is 0.380 e. The zero-order valence-corrected chi connectivity index (χ0v) is 13.0. The van der Waals surface area contributed by atoms with Crippen LogP contribution in [0.25, 0.3) is 0 Å². The molecule has 0 saturated heterocycles. The van der Waals surface area contributed by atoms with Crippen molar-refractivity contribution in [1.29, 1.82) is 0 Å². The van der Waals surface area contributed by atoms with E-state index in [1.54, 1.807) is 11.3 Å². The van der Waals surface area contributed by atoms with Crippen LogP contribution in [0, 0.1) is 6.92 Å². The first-order chi connectivity index (χ1) is 8.06. The van der Waals surface area contributed by atoms with E-state index in [9.17, 15) is 0 Å². The van der Waals surface area contributed by atoms with Gasteiger partial charge in [0, 0.05) is 26.6 Å². The van der Waals surface area contributed by atoms with Gasteiger partial charge in [-0.2, -0.15) is 0 Å². The average Bonchev–Trinajstić information content (AvgIpc) is 2.57. The third-order valence-corrected chi connectivity index (χ3v) is 5.05. The van der Waals surface area contributed by atoms with E-state index in [-0.39, 0.29) is 0 Å². The first kappa shape index (κ1) is 13.2. The Labute approximate surface area is 123 Å². The van der Waals surface area contributed by atoms with E-state index in [2.05, 4.69) is 21.2 Å². The number of nitrogens with one attached hydrogen (secondary N) is 1. The summed E-state index contributed by atoms with van der Waals surface area (Å²) in [5.74, 6) is 0. The van der Waals surface area contributed by atoms with Crippen LogP contribution < -0.4 is 5.32 Å². The third kappa shape index (κ3) is 3.38. The lowest BCUT2D eigenvalue weighted by Gasteiger charge is -2.08. The molecule has 0 atom stereocenters. The molecular formula is C12H10BrCl2NS. The monoisotopic (exact) mass is 349 g/mol. The number of aryl methyl sites for hydroxylation is 1. The van der Waals surface area contributed by atoms with Gasteiger partial charge in [-0.3, -0.25) is 0 Å². The molecule has 2 aromatic rings. The van der Waals surface area contributed by atoms with Crippen molar-refractivity contribution in [3.05, 3.63) is 48.5 Å². The van der Waals surface area contributed by atoms with Crippen LogP contribution in [-0.2, 0) is 6.54 Å². The van der Waals surface area contributed by atoms with Crippen molar-refractivity contribution in [2.45, 2.75) is 13.5 Å². The Morgan fingerprint density at radius 3 is 2.65 bits per heavy atom. The SMILES string of the molecule is Cc1cc(Cl)ccc1NCc1cc(Br)c(Cl)s1. The van der Waals surface area contributed by atoms with Crippen molar-refractivity contribution < 1.29 is 0 Å². The number of hydrogen-bond acceptors (Lipinski definition) is 2. The molecule has 0 radical (unpaired) electrons. The molecule has 17 heavy (non-hydrogen) atoms. The normalized spacial score (nSPS) is 10.6. The Morgan fingerprint density at radius 1 is 1.29 bits per heavy atom. The molecule has 1 aromatic carbocycles. The van der Waals surface area contributed by atoms with Crippen molar-refractivity contribution in [3.8, 4) is 0 Å². The Morgan fingerprint density at radius 2 is 2.06 bits per heavy atom. The van der Waals surface area contributed by atoms with Gasteiger partial charge in [0.1, 0.15) is 4.34 Å². The van der Waals surface area contributed by atoms with E-state index in [0.717, 1.165) is 31.6 Å². The Kier molecular flexibility index (Phi) is 4.36. The molecule has 0 aliphatic carbocycles. The maximum Gasteiger partial charge on any atom is 0.107 e. The molecule has 2 rings (SSSR count). The maximum absolute atomic E-state index is 5.99. The molecule has 0 fully saturated rings. The van der Waals surface area contributed by atoms with Crippen LogP contribution in [0.2, 0.25) is 9.36 Å². The number of thiophene rings is 1. The molecule has 1 N–H and O–H groups in total. The summed E-state index contributed by atoms with van der Waals surface area (Å²) in [5.41, 5.74) is 2.23. The fourth-order valence-electron chi connectivity index (χ4n) is 1.49. The minimum atomic E-state index is 0.759. The van der Waals surface area contributed by atoms with Crippen molar-refractivity contribution >= 4 is 56.2 Å². The van der Waals surface area contributed by atoms with Gasteiger partial charge in [-0.15, -0.1) is 11.3 Å². The summed E-state index contributed by atoms with van der Waals surface area (Å²) in [6, 6.07) is 7.85. The number of hydrogen-bond donors (Lipinski definition) is 1. The lowest BCUT2D eigenvalue weighted by Crippen LogP contribution is -1.98. The van der Waals surface area contributed by atoms with Gasteiger partial charge >= 0.3 is 0 Å². The fourth-order valence-corrected chi connectivity index (χ4v) is 3.44. The van der Waals surface area contributed by atoms with Crippen molar-refractivity contribution in [2.24, 2.45) is 0 Å². The van der Waals surface area contributed by atoms with E-state index in [1.807, 2.05) is 31.2 Å². The quantitative estimate of drug-likeness (QED) is 0.744. The lowest BCUT2D eigenvalue weighted by molar-refractivity contribution is 1.18. The summed E-state index contributed by atoms with van der Waals surface area (Å²) < 4.78 is 1.74. The van der Waals surface area contributed by atoms with E-state index in [0.29, 0.717) is 0 Å². The molecule has 0 saturated carbocycles. The summed E-state index contributed by atoms with van der Waals surface area (Å²) in [7, 11) is 0. The number of rotatable bonds is 3. The molecule has 0 bridgehead atoms. The second-order valence-corrected chi connectivity index (χ2v) is 6.68.